The number of nitrogens with one attached hydrogen (secondary N) is 2. The Morgan fingerprint density at radius 3 is 2.85 bits per heavy atom. The van der Waals surface area contributed by atoms with E-state index in [1.807, 2.05) is 24.3 Å². The monoisotopic (exact) mass is 272 g/mol. The summed E-state index contributed by atoms with van der Waals surface area (Å²) in [5, 5.41) is 12.7. The van der Waals surface area contributed by atoms with Crippen LogP contribution < -0.4 is 5.32 Å². The molecule has 0 aliphatic rings. The molecule has 0 spiro atoms. The molecule has 1 amide bonds. The van der Waals surface area contributed by atoms with Crippen LogP contribution in [0.2, 0.25) is 0 Å². The van der Waals surface area contributed by atoms with Gasteiger partial charge in [0.25, 0.3) is 0 Å². The molecule has 5 nitrogen and oxygen atoms in total. The molecule has 0 fully saturated rings. The van der Waals surface area contributed by atoms with Crippen molar-refractivity contribution in [1.82, 2.24) is 10.3 Å². The van der Waals surface area contributed by atoms with Crippen molar-refractivity contribution in [1.29, 1.82) is 0 Å². The molecule has 0 unspecified atom stereocenters. The number of carbonyl (C=O) groups is 2. The normalized spacial score (nSPS) is 12.7. The van der Waals surface area contributed by atoms with Gasteiger partial charge < -0.3 is 15.4 Å². The molecule has 2 aromatic rings. The number of aromatic amines is 1. The highest BCUT2D eigenvalue weighted by molar-refractivity contribution is 5.91. The quantitative estimate of drug-likeness (QED) is 0.726. The number of aromatic nitrogens is 1. The number of para-hydroxylation sites is 1. The van der Waals surface area contributed by atoms with Crippen molar-refractivity contribution < 1.29 is 14.7 Å². The Morgan fingerprint density at radius 1 is 1.40 bits per heavy atom. The van der Waals surface area contributed by atoms with E-state index in [0.717, 1.165) is 16.5 Å². The molecule has 2 rings (SSSR count). The summed E-state index contributed by atoms with van der Waals surface area (Å²) in [4.78, 5) is 25.8. The second-order valence-corrected chi connectivity index (χ2v) is 4.46. The van der Waals surface area contributed by atoms with Crippen LogP contribution in [0.5, 0.6) is 0 Å². The molecule has 1 atom stereocenters. The first-order chi connectivity index (χ1) is 9.61. The van der Waals surface area contributed by atoms with Crippen molar-refractivity contribution in [3.05, 3.63) is 48.2 Å². The maximum atomic E-state index is 11.5. The molecule has 0 saturated heterocycles. The van der Waals surface area contributed by atoms with E-state index >= 15 is 0 Å². The van der Waals surface area contributed by atoms with Gasteiger partial charge in [0.15, 0.2) is 0 Å². The lowest BCUT2D eigenvalue weighted by molar-refractivity contribution is -0.141. The summed E-state index contributed by atoms with van der Waals surface area (Å²) in [5.41, 5.74) is 1.82. The predicted octanol–water partition coefficient (Wildman–Crippen LogP) is 1.86. The molecule has 1 aromatic heterocycles. The number of H-pyrrole nitrogens is 1. The van der Waals surface area contributed by atoms with Gasteiger partial charge in [-0.15, -0.1) is 0 Å². The van der Waals surface area contributed by atoms with Crippen molar-refractivity contribution in [2.45, 2.75) is 19.4 Å². The minimum absolute atomic E-state index is 0.239. The van der Waals surface area contributed by atoms with Crippen LogP contribution in [0.25, 0.3) is 10.9 Å². The fourth-order valence-electron chi connectivity index (χ4n) is 2.09. The Bertz CT molecular complexity index is 658. The number of carboxylic acids is 1. The topological polar surface area (TPSA) is 82.2 Å². The van der Waals surface area contributed by atoms with Crippen LogP contribution in [0.15, 0.2) is 42.6 Å². The summed E-state index contributed by atoms with van der Waals surface area (Å²) in [6, 6.07) is 6.71. The van der Waals surface area contributed by atoms with Gasteiger partial charge in [0.2, 0.25) is 5.91 Å². The summed E-state index contributed by atoms with van der Waals surface area (Å²) in [5.74, 6) is -1.45. The predicted molar refractivity (Wildman–Crippen MR) is 76.4 cm³/mol. The maximum Gasteiger partial charge on any atom is 0.326 e. The number of carbonyl (C=O) groups excluding carboxylic acids is 1. The zero-order chi connectivity index (χ0) is 14.5. The highest BCUT2D eigenvalue weighted by Crippen LogP contribution is 2.19. The van der Waals surface area contributed by atoms with Crippen molar-refractivity contribution >= 4 is 22.8 Å². The largest absolute Gasteiger partial charge is 0.480 e. The number of amides is 1. The maximum absolute atomic E-state index is 11.5. The van der Waals surface area contributed by atoms with E-state index in [0.29, 0.717) is 0 Å². The first-order valence-corrected chi connectivity index (χ1v) is 6.33. The summed E-state index contributed by atoms with van der Waals surface area (Å²) >= 11 is 0. The summed E-state index contributed by atoms with van der Waals surface area (Å²) in [6.45, 7) is 1.70. The molecular formula is C15H16N2O3. The highest BCUT2D eigenvalue weighted by Gasteiger charge is 2.20. The van der Waals surface area contributed by atoms with Crippen LogP contribution in [0.4, 0.5) is 0 Å². The van der Waals surface area contributed by atoms with Crippen molar-refractivity contribution in [2.75, 3.05) is 0 Å². The lowest BCUT2D eigenvalue weighted by Crippen LogP contribution is -2.41. The van der Waals surface area contributed by atoms with Gasteiger partial charge in [0.1, 0.15) is 6.04 Å². The fraction of sp³-hybridized carbons (Fsp3) is 0.200. The van der Waals surface area contributed by atoms with Gasteiger partial charge in [-0.1, -0.05) is 24.3 Å². The van der Waals surface area contributed by atoms with Crippen LogP contribution in [-0.2, 0) is 16.0 Å². The number of hydrogen-bond acceptors (Lipinski definition) is 2. The Balaban J connectivity index is 2.20. The van der Waals surface area contributed by atoms with Gasteiger partial charge in [0, 0.05) is 23.5 Å². The Morgan fingerprint density at radius 2 is 2.15 bits per heavy atom. The lowest BCUT2D eigenvalue weighted by Gasteiger charge is -2.12. The Kier molecular flexibility index (Phi) is 4.20. The van der Waals surface area contributed by atoms with Gasteiger partial charge in [-0.2, -0.15) is 0 Å². The molecule has 0 radical (unpaired) electrons. The first kappa shape index (κ1) is 13.9. The molecule has 0 bridgehead atoms. The second-order valence-electron chi connectivity index (χ2n) is 4.46. The second kappa shape index (κ2) is 6.06. The van der Waals surface area contributed by atoms with Gasteiger partial charge >= 0.3 is 5.97 Å². The van der Waals surface area contributed by atoms with Crippen LogP contribution in [0.3, 0.4) is 0 Å². The van der Waals surface area contributed by atoms with Crippen LogP contribution in [0.1, 0.15) is 12.5 Å². The van der Waals surface area contributed by atoms with E-state index in [1.165, 1.54) is 6.08 Å². The van der Waals surface area contributed by atoms with E-state index in [1.54, 1.807) is 19.2 Å². The third-order valence-electron chi connectivity index (χ3n) is 3.03. The van der Waals surface area contributed by atoms with E-state index in [4.69, 9.17) is 0 Å². The van der Waals surface area contributed by atoms with Gasteiger partial charge in [-0.25, -0.2) is 4.79 Å². The molecule has 104 valence electrons. The van der Waals surface area contributed by atoms with Crippen molar-refractivity contribution in [3.8, 4) is 0 Å². The van der Waals surface area contributed by atoms with E-state index in [9.17, 15) is 14.7 Å². The third-order valence-corrected chi connectivity index (χ3v) is 3.03. The van der Waals surface area contributed by atoms with E-state index in [2.05, 4.69) is 10.3 Å². The number of fused-ring (bicyclic) bond motifs is 1. The van der Waals surface area contributed by atoms with Crippen molar-refractivity contribution in [2.24, 2.45) is 0 Å². The highest BCUT2D eigenvalue weighted by atomic mass is 16.4. The molecular weight excluding hydrogens is 256 g/mol. The third kappa shape index (κ3) is 3.06. The van der Waals surface area contributed by atoms with Crippen LogP contribution in [-0.4, -0.2) is 28.0 Å². The van der Waals surface area contributed by atoms with E-state index in [-0.39, 0.29) is 6.42 Å². The summed E-state index contributed by atoms with van der Waals surface area (Å²) in [7, 11) is 0. The average Bonchev–Trinajstić information content (AvgIpc) is 2.82. The Labute approximate surface area is 116 Å². The minimum Gasteiger partial charge on any atom is -0.480 e. The zero-order valence-electron chi connectivity index (χ0n) is 11.1. The molecule has 0 saturated carbocycles. The standard InChI is InChI=1S/C15H16N2O3/c1-2-5-14(18)17-13(15(19)20)8-10-9-16-12-7-4-3-6-11(10)12/h2-7,9,13,16H,8H2,1H3,(H,17,18)(H,19,20)/t13-/m0/s1. The number of aliphatic carboxylic acids is 1. The molecule has 1 aromatic carbocycles. The van der Waals surface area contributed by atoms with Crippen molar-refractivity contribution in [3.63, 3.8) is 0 Å². The molecule has 20 heavy (non-hydrogen) atoms. The molecule has 5 heteroatoms. The van der Waals surface area contributed by atoms with Crippen LogP contribution >= 0.6 is 0 Å². The van der Waals surface area contributed by atoms with Gasteiger partial charge in [0.05, 0.1) is 0 Å². The zero-order valence-corrected chi connectivity index (χ0v) is 11.1. The van der Waals surface area contributed by atoms with Gasteiger partial charge in [-0.3, -0.25) is 4.79 Å². The number of rotatable bonds is 5. The first-order valence-electron chi connectivity index (χ1n) is 6.33. The number of allylic oxidation sites excluding steroid dienone is 1. The number of carboxylic acid groups (broad SMARTS) is 1. The number of benzene rings is 1. The molecule has 1 heterocycles. The van der Waals surface area contributed by atoms with E-state index < -0.39 is 17.9 Å². The summed E-state index contributed by atoms with van der Waals surface area (Å²) < 4.78 is 0. The lowest BCUT2D eigenvalue weighted by atomic mass is 10.0. The molecule has 3 N–H and O–H groups in total. The average molecular weight is 272 g/mol. The SMILES string of the molecule is CC=CC(=O)N[C@@H](Cc1c[nH]c2ccccc12)C(=O)O. The van der Waals surface area contributed by atoms with Gasteiger partial charge in [-0.05, 0) is 24.6 Å². The summed E-state index contributed by atoms with van der Waals surface area (Å²) in [6.07, 6.45) is 4.90. The fourth-order valence-corrected chi connectivity index (χ4v) is 2.09. The smallest absolute Gasteiger partial charge is 0.326 e. The molecule has 0 aliphatic carbocycles. The minimum atomic E-state index is -1.05. The number of hydrogen-bond donors (Lipinski definition) is 3. The van der Waals surface area contributed by atoms with Crippen LogP contribution in [0, 0.1) is 0 Å². The molecule has 0 aliphatic heterocycles. The Hall–Kier alpha value is -2.56.